The van der Waals surface area contributed by atoms with Crippen molar-refractivity contribution in [2.45, 2.75) is 19.9 Å². The Hall–Kier alpha value is -1.93. The molecule has 0 saturated carbocycles. The zero-order valence-corrected chi connectivity index (χ0v) is 12.8. The minimum atomic E-state index is -1.10. The largest absolute Gasteiger partial charge is 0.480 e. The number of amides is 2. The predicted octanol–water partition coefficient (Wildman–Crippen LogP) is 2.58. The Kier molecular flexibility index (Phi) is 4.59. The molecule has 0 fully saturated rings. The molecule has 2 aromatic rings. The van der Waals surface area contributed by atoms with Crippen molar-refractivity contribution in [3.63, 3.8) is 0 Å². The highest BCUT2D eigenvalue weighted by atomic mass is 35.5. The Balaban J connectivity index is 2.20. The highest BCUT2D eigenvalue weighted by Crippen LogP contribution is 2.29. The van der Waals surface area contributed by atoms with E-state index >= 15 is 0 Å². The van der Waals surface area contributed by atoms with Gasteiger partial charge in [0.05, 0.1) is 22.4 Å². The minimum Gasteiger partial charge on any atom is -0.480 e. The Morgan fingerprint density at radius 1 is 1.33 bits per heavy atom. The Morgan fingerprint density at radius 2 is 2.05 bits per heavy atom. The lowest BCUT2D eigenvalue weighted by atomic mass is 10.1. The molecule has 1 atom stereocenters. The van der Waals surface area contributed by atoms with Gasteiger partial charge in [0, 0.05) is 0 Å². The van der Waals surface area contributed by atoms with Gasteiger partial charge in [-0.2, -0.15) is 8.75 Å². The van der Waals surface area contributed by atoms with E-state index in [0.29, 0.717) is 21.7 Å². The fraction of sp³-hybridized carbons (Fsp3) is 0.333. The van der Waals surface area contributed by atoms with Crippen LogP contribution in [0, 0.1) is 5.92 Å². The number of hydrogen-bond donors (Lipinski definition) is 3. The van der Waals surface area contributed by atoms with E-state index in [2.05, 4.69) is 19.4 Å². The monoisotopic (exact) mass is 328 g/mol. The van der Waals surface area contributed by atoms with Crippen LogP contribution < -0.4 is 10.6 Å². The van der Waals surface area contributed by atoms with E-state index in [4.69, 9.17) is 16.7 Å². The molecule has 0 aliphatic heterocycles. The number of carboxylic acids is 1. The highest BCUT2D eigenvalue weighted by Gasteiger charge is 2.24. The fourth-order valence-electron chi connectivity index (χ4n) is 1.75. The maximum atomic E-state index is 12.0. The summed E-state index contributed by atoms with van der Waals surface area (Å²) in [6.07, 6.45) is 0. The first-order chi connectivity index (χ1) is 9.90. The molecule has 0 bridgehead atoms. The average molecular weight is 329 g/mol. The molecule has 2 amide bonds. The van der Waals surface area contributed by atoms with Gasteiger partial charge in [0.1, 0.15) is 17.1 Å². The van der Waals surface area contributed by atoms with Crippen molar-refractivity contribution in [2.75, 3.05) is 5.32 Å². The molecular weight excluding hydrogens is 316 g/mol. The number of anilines is 1. The summed E-state index contributed by atoms with van der Waals surface area (Å²) in [6.45, 7) is 3.41. The zero-order chi connectivity index (χ0) is 15.6. The quantitative estimate of drug-likeness (QED) is 0.800. The molecule has 112 valence electrons. The van der Waals surface area contributed by atoms with E-state index in [1.165, 1.54) is 0 Å². The van der Waals surface area contributed by atoms with Gasteiger partial charge < -0.3 is 15.7 Å². The van der Waals surface area contributed by atoms with Crippen molar-refractivity contribution in [3.8, 4) is 0 Å². The molecule has 2 rings (SSSR count). The van der Waals surface area contributed by atoms with Crippen LogP contribution >= 0.6 is 23.3 Å². The van der Waals surface area contributed by atoms with Gasteiger partial charge in [-0.05, 0) is 18.1 Å². The summed E-state index contributed by atoms with van der Waals surface area (Å²) >= 11 is 7.05. The van der Waals surface area contributed by atoms with Crippen LogP contribution in [0.4, 0.5) is 10.5 Å². The van der Waals surface area contributed by atoms with Crippen molar-refractivity contribution in [1.29, 1.82) is 0 Å². The van der Waals surface area contributed by atoms with Gasteiger partial charge in [-0.1, -0.05) is 25.4 Å². The molecule has 0 aliphatic carbocycles. The number of urea groups is 1. The van der Waals surface area contributed by atoms with Crippen LogP contribution in [0.1, 0.15) is 13.8 Å². The number of nitrogens with zero attached hydrogens (tertiary/aromatic N) is 2. The summed E-state index contributed by atoms with van der Waals surface area (Å²) in [6, 6.07) is 1.64. The van der Waals surface area contributed by atoms with Crippen molar-refractivity contribution in [2.24, 2.45) is 5.92 Å². The molecule has 1 heterocycles. The topological polar surface area (TPSA) is 104 Å². The summed E-state index contributed by atoms with van der Waals surface area (Å²) < 4.78 is 8.12. The Bertz CT molecular complexity index is 688. The van der Waals surface area contributed by atoms with Crippen LogP contribution in [0.15, 0.2) is 12.1 Å². The van der Waals surface area contributed by atoms with Gasteiger partial charge in [0.25, 0.3) is 0 Å². The van der Waals surface area contributed by atoms with E-state index in [1.807, 2.05) is 0 Å². The molecule has 0 radical (unpaired) electrons. The first-order valence-electron chi connectivity index (χ1n) is 6.11. The number of fused-ring (bicyclic) bond motifs is 1. The number of hydrogen-bond acceptors (Lipinski definition) is 5. The standard InChI is InChI=1S/C12H13ClN4O3S/c1-5(2)8(11(18)19)14-12(20)15-9-6(13)3-4-7-10(9)17-21-16-7/h3-5,8H,1-2H3,(H,18,19)(H2,14,15,20)/t8-/m0/s1. The third kappa shape index (κ3) is 3.40. The SMILES string of the molecule is CC(C)[C@H](NC(=O)Nc1c(Cl)ccc2nsnc12)C(=O)O. The van der Waals surface area contributed by atoms with E-state index in [1.54, 1.807) is 26.0 Å². The normalized spacial score (nSPS) is 12.4. The molecule has 3 N–H and O–H groups in total. The maximum absolute atomic E-state index is 12.0. The van der Waals surface area contributed by atoms with Crippen molar-refractivity contribution in [3.05, 3.63) is 17.2 Å². The van der Waals surface area contributed by atoms with E-state index in [0.717, 1.165) is 11.7 Å². The van der Waals surface area contributed by atoms with Gasteiger partial charge in [-0.25, -0.2) is 9.59 Å². The molecule has 21 heavy (non-hydrogen) atoms. The number of halogens is 1. The molecule has 7 nitrogen and oxygen atoms in total. The molecular formula is C12H13ClN4O3S. The van der Waals surface area contributed by atoms with Crippen LogP contribution in [0.3, 0.4) is 0 Å². The number of carboxylic acid groups (broad SMARTS) is 1. The molecule has 1 aromatic carbocycles. The summed E-state index contributed by atoms with van der Waals surface area (Å²) in [4.78, 5) is 23.0. The summed E-state index contributed by atoms with van der Waals surface area (Å²) in [5.41, 5.74) is 1.39. The van der Waals surface area contributed by atoms with Gasteiger partial charge in [0.15, 0.2) is 0 Å². The Labute approximate surface area is 129 Å². The van der Waals surface area contributed by atoms with E-state index < -0.39 is 18.0 Å². The number of rotatable bonds is 4. The van der Waals surface area contributed by atoms with Gasteiger partial charge in [-0.3, -0.25) is 0 Å². The van der Waals surface area contributed by atoms with E-state index in [9.17, 15) is 9.59 Å². The van der Waals surface area contributed by atoms with E-state index in [-0.39, 0.29) is 5.92 Å². The smallest absolute Gasteiger partial charge is 0.326 e. The lowest BCUT2D eigenvalue weighted by Crippen LogP contribution is -2.46. The first-order valence-corrected chi connectivity index (χ1v) is 7.22. The second-order valence-corrected chi connectivity index (χ2v) is 5.65. The van der Waals surface area contributed by atoms with Crippen molar-refractivity contribution >= 4 is 52.1 Å². The highest BCUT2D eigenvalue weighted by molar-refractivity contribution is 7.00. The third-order valence-corrected chi connectivity index (χ3v) is 3.69. The number of benzene rings is 1. The third-order valence-electron chi connectivity index (χ3n) is 2.83. The molecule has 9 heteroatoms. The number of nitrogens with one attached hydrogen (secondary N) is 2. The van der Waals surface area contributed by atoms with Crippen LogP contribution in [0.25, 0.3) is 11.0 Å². The van der Waals surface area contributed by atoms with Crippen molar-refractivity contribution < 1.29 is 14.7 Å². The first kappa shape index (κ1) is 15.5. The van der Waals surface area contributed by atoms with Crippen LogP contribution in [-0.2, 0) is 4.79 Å². The number of carbonyl (C=O) groups is 2. The predicted molar refractivity (Wildman–Crippen MR) is 80.8 cm³/mol. The number of carbonyl (C=O) groups excluding carboxylic acids is 1. The summed E-state index contributed by atoms with van der Waals surface area (Å²) in [5.74, 6) is -1.35. The summed E-state index contributed by atoms with van der Waals surface area (Å²) in [7, 11) is 0. The second-order valence-electron chi connectivity index (χ2n) is 4.71. The second kappa shape index (κ2) is 6.23. The van der Waals surface area contributed by atoms with Gasteiger partial charge in [-0.15, -0.1) is 0 Å². The van der Waals surface area contributed by atoms with Gasteiger partial charge in [0.2, 0.25) is 0 Å². The molecule has 0 spiro atoms. The lowest BCUT2D eigenvalue weighted by molar-refractivity contribution is -0.140. The Morgan fingerprint density at radius 3 is 2.67 bits per heavy atom. The molecule has 0 saturated heterocycles. The van der Waals surface area contributed by atoms with Crippen LogP contribution in [0.2, 0.25) is 5.02 Å². The van der Waals surface area contributed by atoms with Crippen LogP contribution in [0.5, 0.6) is 0 Å². The van der Waals surface area contributed by atoms with Crippen LogP contribution in [-0.4, -0.2) is 31.9 Å². The summed E-state index contributed by atoms with van der Waals surface area (Å²) in [5, 5.41) is 14.3. The molecule has 0 unspecified atom stereocenters. The minimum absolute atomic E-state index is 0.250. The van der Waals surface area contributed by atoms with Gasteiger partial charge >= 0.3 is 12.0 Å². The average Bonchev–Trinajstić information content (AvgIpc) is 2.87. The number of aromatic nitrogens is 2. The lowest BCUT2D eigenvalue weighted by Gasteiger charge is -2.18. The fourth-order valence-corrected chi connectivity index (χ4v) is 2.49. The zero-order valence-electron chi connectivity index (χ0n) is 11.3. The van der Waals surface area contributed by atoms with Crippen molar-refractivity contribution in [1.82, 2.24) is 14.1 Å². The maximum Gasteiger partial charge on any atom is 0.326 e. The number of aliphatic carboxylic acids is 1. The molecule has 1 aromatic heterocycles. The molecule has 0 aliphatic rings.